The minimum absolute atomic E-state index is 0.222. The second-order valence-electron chi connectivity index (χ2n) is 6.59. The summed E-state index contributed by atoms with van der Waals surface area (Å²) < 4.78 is 6.17. The summed E-state index contributed by atoms with van der Waals surface area (Å²) in [7, 11) is 0. The Morgan fingerprint density at radius 1 is 1.19 bits per heavy atom. The van der Waals surface area contributed by atoms with Gasteiger partial charge in [0.15, 0.2) is 0 Å². The molecule has 1 aromatic heterocycles. The lowest BCUT2D eigenvalue weighted by Gasteiger charge is -2.20. The van der Waals surface area contributed by atoms with E-state index in [4.69, 9.17) is 16.3 Å². The molecule has 26 heavy (non-hydrogen) atoms. The third-order valence-electron chi connectivity index (χ3n) is 3.13. The highest BCUT2D eigenvalue weighted by molar-refractivity contribution is 14.1. The van der Waals surface area contributed by atoms with Crippen LogP contribution in [-0.2, 0) is 4.74 Å². The van der Waals surface area contributed by atoms with Crippen molar-refractivity contribution in [1.82, 2.24) is 4.98 Å². The smallest absolute Gasteiger partial charge is 0.412 e. The van der Waals surface area contributed by atoms with E-state index in [9.17, 15) is 9.59 Å². The van der Waals surface area contributed by atoms with E-state index < -0.39 is 17.6 Å². The second kappa shape index (κ2) is 8.22. The summed E-state index contributed by atoms with van der Waals surface area (Å²) in [6.45, 7) is 7.16. The normalized spacial score (nSPS) is 11.0. The number of anilines is 2. The quantitative estimate of drug-likeness (QED) is 0.580. The van der Waals surface area contributed by atoms with Gasteiger partial charge in [0.05, 0.1) is 10.6 Å². The molecule has 0 bridgehead atoms. The molecule has 2 rings (SSSR count). The lowest BCUT2D eigenvalue weighted by Crippen LogP contribution is -2.27. The van der Waals surface area contributed by atoms with E-state index in [1.54, 1.807) is 33.0 Å². The average molecular weight is 488 g/mol. The van der Waals surface area contributed by atoms with E-state index in [2.05, 4.69) is 38.2 Å². The van der Waals surface area contributed by atoms with Gasteiger partial charge in [0, 0.05) is 15.5 Å². The van der Waals surface area contributed by atoms with Gasteiger partial charge in [-0.1, -0.05) is 11.6 Å². The lowest BCUT2D eigenvalue weighted by atomic mass is 10.1. The van der Waals surface area contributed by atoms with Crippen molar-refractivity contribution in [2.24, 2.45) is 0 Å². The number of aryl methyl sites for hydroxylation is 1. The van der Waals surface area contributed by atoms with Crippen molar-refractivity contribution < 1.29 is 14.3 Å². The number of hydrogen-bond acceptors (Lipinski definition) is 4. The predicted octanol–water partition coefficient (Wildman–Crippen LogP) is 5.25. The first-order chi connectivity index (χ1) is 12.0. The van der Waals surface area contributed by atoms with E-state index in [-0.39, 0.29) is 10.6 Å². The minimum atomic E-state index is -0.620. The fourth-order valence-electron chi connectivity index (χ4n) is 2.04. The van der Waals surface area contributed by atoms with Crippen LogP contribution in [0.3, 0.4) is 0 Å². The zero-order valence-electron chi connectivity index (χ0n) is 14.8. The highest BCUT2D eigenvalue weighted by Crippen LogP contribution is 2.23. The van der Waals surface area contributed by atoms with E-state index >= 15 is 0 Å². The molecule has 0 fully saturated rings. The van der Waals surface area contributed by atoms with Crippen molar-refractivity contribution in [3.63, 3.8) is 0 Å². The molecule has 0 aliphatic rings. The first kappa shape index (κ1) is 20.4. The molecule has 2 aromatic rings. The number of rotatable bonds is 3. The SMILES string of the molecule is Cc1cc(I)cnc1NC(=O)c1cc(NC(=O)OC(C)(C)C)ccc1Cl. The summed E-state index contributed by atoms with van der Waals surface area (Å²) in [4.78, 5) is 28.7. The Morgan fingerprint density at radius 2 is 1.88 bits per heavy atom. The third kappa shape index (κ3) is 5.84. The van der Waals surface area contributed by atoms with E-state index in [0.717, 1.165) is 9.13 Å². The maximum absolute atomic E-state index is 12.6. The van der Waals surface area contributed by atoms with Gasteiger partial charge < -0.3 is 10.1 Å². The monoisotopic (exact) mass is 487 g/mol. The molecule has 2 N–H and O–H groups in total. The van der Waals surface area contributed by atoms with Crippen LogP contribution in [0.2, 0.25) is 5.02 Å². The molecule has 0 saturated heterocycles. The van der Waals surface area contributed by atoms with Crippen LogP contribution in [-0.4, -0.2) is 22.6 Å². The average Bonchev–Trinajstić information content (AvgIpc) is 2.50. The largest absolute Gasteiger partial charge is 0.444 e. The van der Waals surface area contributed by atoms with Crippen LogP contribution in [0.15, 0.2) is 30.5 Å². The molecule has 1 aromatic carbocycles. The first-order valence-electron chi connectivity index (χ1n) is 7.78. The van der Waals surface area contributed by atoms with Gasteiger partial charge in [0.1, 0.15) is 11.4 Å². The van der Waals surface area contributed by atoms with Gasteiger partial charge in [-0.05, 0) is 80.1 Å². The maximum atomic E-state index is 12.6. The second-order valence-corrected chi connectivity index (χ2v) is 8.25. The fourth-order valence-corrected chi connectivity index (χ4v) is 2.85. The maximum Gasteiger partial charge on any atom is 0.412 e. The number of hydrogen-bond donors (Lipinski definition) is 2. The van der Waals surface area contributed by atoms with Crippen LogP contribution in [0.4, 0.5) is 16.3 Å². The Kier molecular flexibility index (Phi) is 6.46. The van der Waals surface area contributed by atoms with E-state index in [0.29, 0.717) is 11.5 Å². The fraction of sp³-hybridized carbons (Fsp3) is 0.278. The molecule has 138 valence electrons. The molecular weight excluding hydrogens is 469 g/mol. The number of benzene rings is 1. The molecule has 6 nitrogen and oxygen atoms in total. The Hall–Kier alpha value is -1.87. The van der Waals surface area contributed by atoms with E-state index in [1.807, 2.05) is 13.0 Å². The van der Waals surface area contributed by atoms with Gasteiger partial charge in [0.25, 0.3) is 5.91 Å². The van der Waals surface area contributed by atoms with Crippen LogP contribution in [0.5, 0.6) is 0 Å². The number of amides is 2. The molecule has 8 heteroatoms. The summed E-state index contributed by atoms with van der Waals surface area (Å²) >= 11 is 8.29. The zero-order valence-corrected chi connectivity index (χ0v) is 17.7. The number of carbonyl (C=O) groups excluding carboxylic acids is 2. The van der Waals surface area contributed by atoms with Crippen LogP contribution in [0.1, 0.15) is 36.7 Å². The van der Waals surface area contributed by atoms with Gasteiger partial charge in [0.2, 0.25) is 0 Å². The minimum Gasteiger partial charge on any atom is -0.444 e. The molecule has 0 saturated carbocycles. The highest BCUT2D eigenvalue weighted by Gasteiger charge is 2.18. The van der Waals surface area contributed by atoms with Crippen LogP contribution < -0.4 is 10.6 Å². The number of carbonyl (C=O) groups is 2. The summed E-state index contributed by atoms with van der Waals surface area (Å²) in [6, 6.07) is 6.53. The van der Waals surface area contributed by atoms with E-state index in [1.165, 1.54) is 12.1 Å². The summed E-state index contributed by atoms with van der Waals surface area (Å²) in [5, 5.41) is 5.58. The Bertz CT molecular complexity index is 850. The predicted molar refractivity (Wildman–Crippen MR) is 111 cm³/mol. The van der Waals surface area contributed by atoms with Gasteiger partial charge in [-0.2, -0.15) is 0 Å². The molecule has 2 amide bonds. The van der Waals surface area contributed by atoms with Crippen LogP contribution in [0.25, 0.3) is 0 Å². The molecule has 0 atom stereocenters. The lowest BCUT2D eigenvalue weighted by molar-refractivity contribution is 0.0635. The molecule has 1 heterocycles. The van der Waals surface area contributed by atoms with Gasteiger partial charge in [-0.3, -0.25) is 10.1 Å². The number of nitrogens with zero attached hydrogens (tertiary/aromatic N) is 1. The summed E-state index contributed by atoms with van der Waals surface area (Å²) in [5.74, 6) is 0.0386. The van der Waals surface area contributed by atoms with Crippen LogP contribution in [0, 0.1) is 10.5 Å². The molecule has 0 unspecified atom stereocenters. The summed E-state index contributed by atoms with van der Waals surface area (Å²) in [6.07, 6.45) is 1.05. The number of aromatic nitrogens is 1. The van der Waals surface area contributed by atoms with Gasteiger partial charge >= 0.3 is 6.09 Å². The molecule has 0 aliphatic heterocycles. The van der Waals surface area contributed by atoms with Gasteiger partial charge in [-0.25, -0.2) is 9.78 Å². The van der Waals surface area contributed by atoms with Crippen molar-refractivity contribution in [2.75, 3.05) is 10.6 Å². The van der Waals surface area contributed by atoms with Crippen molar-refractivity contribution in [3.05, 3.63) is 50.2 Å². The number of ether oxygens (including phenoxy) is 1. The number of pyridine rings is 1. The number of nitrogens with one attached hydrogen (secondary N) is 2. The third-order valence-corrected chi connectivity index (χ3v) is 4.05. The molecule has 0 aliphatic carbocycles. The number of halogens is 2. The van der Waals surface area contributed by atoms with Crippen molar-refractivity contribution in [3.8, 4) is 0 Å². The Balaban J connectivity index is 2.18. The first-order valence-corrected chi connectivity index (χ1v) is 9.24. The molecular formula is C18H19ClIN3O3. The van der Waals surface area contributed by atoms with Crippen molar-refractivity contribution in [2.45, 2.75) is 33.3 Å². The topological polar surface area (TPSA) is 80.3 Å². The summed E-state index contributed by atoms with van der Waals surface area (Å²) in [5.41, 5.74) is 0.843. The molecule has 0 radical (unpaired) electrons. The Morgan fingerprint density at radius 3 is 2.50 bits per heavy atom. The van der Waals surface area contributed by atoms with Crippen molar-refractivity contribution >= 4 is 57.7 Å². The van der Waals surface area contributed by atoms with Crippen LogP contribution >= 0.6 is 34.2 Å². The van der Waals surface area contributed by atoms with Gasteiger partial charge in [-0.15, -0.1) is 0 Å². The zero-order chi connectivity index (χ0) is 19.5. The standard InChI is InChI=1S/C18H19ClIN3O3/c1-10-7-11(20)9-21-15(10)23-16(24)13-8-12(5-6-14(13)19)22-17(25)26-18(2,3)4/h5-9H,1-4H3,(H,22,25)(H,21,23,24). The molecule has 0 spiro atoms. The highest BCUT2D eigenvalue weighted by atomic mass is 127. The Labute approximate surface area is 170 Å². The van der Waals surface area contributed by atoms with Crippen molar-refractivity contribution in [1.29, 1.82) is 0 Å².